The molecule has 0 unspecified atom stereocenters. The van der Waals surface area contributed by atoms with Crippen molar-refractivity contribution in [3.05, 3.63) is 57.7 Å². The number of halogens is 1. The van der Waals surface area contributed by atoms with E-state index in [9.17, 15) is 9.59 Å². The van der Waals surface area contributed by atoms with E-state index >= 15 is 0 Å². The van der Waals surface area contributed by atoms with Crippen LogP contribution in [0.25, 0.3) is 0 Å². The van der Waals surface area contributed by atoms with Crippen molar-refractivity contribution >= 4 is 33.6 Å². The number of nitrogens with one attached hydrogen (secondary N) is 1. The fourth-order valence-corrected chi connectivity index (χ4v) is 2.29. The predicted octanol–water partition coefficient (Wildman–Crippen LogP) is 3.10. The monoisotopic (exact) mass is 334 g/mol. The first-order valence-electron chi connectivity index (χ1n) is 5.74. The van der Waals surface area contributed by atoms with Gasteiger partial charge in [-0.3, -0.25) is 4.79 Å². The van der Waals surface area contributed by atoms with Crippen molar-refractivity contribution in [3.63, 3.8) is 0 Å². The molecule has 2 N–H and O–H groups in total. The molecule has 1 heterocycles. The van der Waals surface area contributed by atoms with Gasteiger partial charge in [0.1, 0.15) is 5.82 Å². The lowest BCUT2D eigenvalue weighted by Crippen LogP contribution is -2.14. The molecule has 20 heavy (non-hydrogen) atoms. The number of anilines is 1. The molecule has 0 fully saturated rings. The molecule has 0 aliphatic rings. The fourth-order valence-electron chi connectivity index (χ4n) is 1.68. The molecule has 0 saturated heterocycles. The maximum atomic E-state index is 12.1. The van der Waals surface area contributed by atoms with Crippen molar-refractivity contribution in [2.45, 2.75) is 6.92 Å². The molecule has 102 valence electrons. The second-order valence-electron chi connectivity index (χ2n) is 4.18. The average molecular weight is 335 g/mol. The number of hydrogen-bond acceptors (Lipinski definition) is 3. The molecule has 1 amide bonds. The Morgan fingerprint density at radius 1 is 1.25 bits per heavy atom. The number of aromatic carboxylic acids is 1. The third-order valence-electron chi connectivity index (χ3n) is 2.51. The first-order chi connectivity index (χ1) is 9.45. The lowest BCUT2D eigenvalue weighted by atomic mass is 10.1. The minimum absolute atomic E-state index is 0.117. The zero-order chi connectivity index (χ0) is 14.7. The van der Waals surface area contributed by atoms with Gasteiger partial charge in [0.25, 0.3) is 5.91 Å². The summed E-state index contributed by atoms with van der Waals surface area (Å²) in [5, 5.41) is 11.4. The quantitative estimate of drug-likeness (QED) is 0.903. The van der Waals surface area contributed by atoms with Crippen molar-refractivity contribution in [1.82, 2.24) is 4.98 Å². The highest BCUT2D eigenvalue weighted by Crippen LogP contribution is 2.16. The Labute approximate surface area is 123 Å². The molecule has 0 saturated carbocycles. The van der Waals surface area contributed by atoms with Crippen LogP contribution in [0.4, 0.5) is 5.82 Å². The Balaban J connectivity index is 2.23. The van der Waals surface area contributed by atoms with Crippen LogP contribution in [0.5, 0.6) is 0 Å². The molecule has 0 atom stereocenters. The molecule has 0 bridgehead atoms. The fraction of sp³-hybridized carbons (Fsp3) is 0.0714. The number of carboxylic acids is 1. The van der Waals surface area contributed by atoms with Crippen molar-refractivity contribution in [2.75, 3.05) is 5.32 Å². The number of benzene rings is 1. The summed E-state index contributed by atoms with van der Waals surface area (Å²) in [5.74, 6) is -1.28. The summed E-state index contributed by atoms with van der Waals surface area (Å²) >= 11 is 3.32. The predicted molar refractivity (Wildman–Crippen MR) is 78.0 cm³/mol. The minimum Gasteiger partial charge on any atom is -0.477 e. The number of aryl methyl sites for hydroxylation is 1. The van der Waals surface area contributed by atoms with E-state index in [2.05, 4.69) is 26.2 Å². The van der Waals surface area contributed by atoms with Crippen LogP contribution in [0.1, 0.15) is 26.4 Å². The molecular weight excluding hydrogens is 324 g/mol. The number of carbonyl (C=O) groups is 2. The van der Waals surface area contributed by atoms with Crippen LogP contribution in [0.15, 0.2) is 40.9 Å². The summed E-state index contributed by atoms with van der Waals surface area (Å²) in [6.45, 7) is 1.88. The number of pyridine rings is 1. The van der Waals surface area contributed by atoms with E-state index in [1.54, 1.807) is 12.1 Å². The highest BCUT2D eigenvalue weighted by Gasteiger charge is 2.10. The highest BCUT2D eigenvalue weighted by molar-refractivity contribution is 9.10. The second-order valence-corrected chi connectivity index (χ2v) is 5.10. The van der Waals surface area contributed by atoms with Crippen LogP contribution in [0.3, 0.4) is 0 Å². The summed E-state index contributed by atoms with van der Waals surface area (Å²) in [7, 11) is 0. The van der Waals surface area contributed by atoms with E-state index < -0.39 is 5.97 Å². The normalized spacial score (nSPS) is 10.1. The maximum Gasteiger partial charge on any atom is 0.354 e. The zero-order valence-corrected chi connectivity index (χ0v) is 12.1. The molecule has 1 aromatic heterocycles. The van der Waals surface area contributed by atoms with Crippen LogP contribution < -0.4 is 5.32 Å². The topological polar surface area (TPSA) is 79.3 Å². The SMILES string of the molecule is Cc1cc(Br)cc(C(=O)Nc2cccc(C(=O)O)n2)c1. The Hall–Kier alpha value is -2.21. The molecular formula is C14H11BrN2O3. The number of carboxylic acid groups (broad SMARTS) is 1. The van der Waals surface area contributed by atoms with E-state index in [0.29, 0.717) is 5.56 Å². The van der Waals surface area contributed by atoms with Gasteiger partial charge in [0, 0.05) is 10.0 Å². The van der Waals surface area contributed by atoms with Crippen LogP contribution in [-0.2, 0) is 0 Å². The first-order valence-corrected chi connectivity index (χ1v) is 6.54. The van der Waals surface area contributed by atoms with E-state index in [-0.39, 0.29) is 17.4 Å². The Morgan fingerprint density at radius 2 is 2.00 bits per heavy atom. The number of amides is 1. The molecule has 2 aromatic rings. The van der Waals surface area contributed by atoms with Gasteiger partial charge in [-0.2, -0.15) is 0 Å². The van der Waals surface area contributed by atoms with Gasteiger partial charge in [0.2, 0.25) is 0 Å². The minimum atomic E-state index is -1.14. The van der Waals surface area contributed by atoms with Gasteiger partial charge in [-0.1, -0.05) is 22.0 Å². The Morgan fingerprint density at radius 3 is 2.65 bits per heavy atom. The molecule has 2 rings (SSSR count). The molecule has 0 aliphatic heterocycles. The summed E-state index contributed by atoms with van der Waals surface area (Å²) in [6.07, 6.45) is 0. The van der Waals surface area contributed by atoms with Gasteiger partial charge in [-0.05, 0) is 42.8 Å². The lowest BCUT2D eigenvalue weighted by molar-refractivity contribution is 0.0690. The average Bonchev–Trinajstić information content (AvgIpc) is 2.37. The summed E-state index contributed by atoms with van der Waals surface area (Å²) in [6, 6.07) is 9.74. The standard InChI is InChI=1S/C14H11BrN2O3/c1-8-5-9(7-10(15)6-8)13(18)17-12-4-2-3-11(16-12)14(19)20/h2-7H,1H3,(H,19,20)(H,16,17,18). The summed E-state index contributed by atoms with van der Waals surface area (Å²) < 4.78 is 0.801. The highest BCUT2D eigenvalue weighted by atomic mass is 79.9. The van der Waals surface area contributed by atoms with Crippen LogP contribution >= 0.6 is 15.9 Å². The van der Waals surface area contributed by atoms with E-state index in [1.165, 1.54) is 18.2 Å². The van der Waals surface area contributed by atoms with Crippen molar-refractivity contribution in [3.8, 4) is 0 Å². The molecule has 5 nitrogen and oxygen atoms in total. The molecule has 6 heteroatoms. The van der Waals surface area contributed by atoms with Crippen LogP contribution in [0, 0.1) is 6.92 Å². The van der Waals surface area contributed by atoms with Crippen LogP contribution in [-0.4, -0.2) is 22.0 Å². The smallest absolute Gasteiger partial charge is 0.354 e. The molecule has 1 aromatic carbocycles. The summed E-state index contributed by atoms with van der Waals surface area (Å²) in [4.78, 5) is 26.7. The van der Waals surface area contributed by atoms with Crippen molar-refractivity contribution in [2.24, 2.45) is 0 Å². The van der Waals surface area contributed by atoms with E-state index in [0.717, 1.165) is 10.0 Å². The number of carbonyl (C=O) groups excluding carboxylic acids is 1. The third-order valence-corrected chi connectivity index (χ3v) is 2.97. The Bertz CT molecular complexity index is 666. The van der Waals surface area contributed by atoms with E-state index in [4.69, 9.17) is 5.11 Å². The van der Waals surface area contributed by atoms with Crippen LogP contribution in [0.2, 0.25) is 0 Å². The van der Waals surface area contributed by atoms with Gasteiger partial charge in [-0.15, -0.1) is 0 Å². The van der Waals surface area contributed by atoms with Crippen molar-refractivity contribution in [1.29, 1.82) is 0 Å². The maximum absolute atomic E-state index is 12.1. The molecule has 0 spiro atoms. The van der Waals surface area contributed by atoms with Gasteiger partial charge < -0.3 is 10.4 Å². The Kier molecular flexibility index (Phi) is 4.14. The second kappa shape index (κ2) is 5.83. The number of aromatic nitrogens is 1. The first kappa shape index (κ1) is 14.2. The molecule has 0 aliphatic carbocycles. The zero-order valence-electron chi connectivity index (χ0n) is 10.6. The molecule has 0 radical (unpaired) electrons. The number of hydrogen-bond donors (Lipinski definition) is 2. The van der Waals surface area contributed by atoms with Gasteiger partial charge in [-0.25, -0.2) is 9.78 Å². The largest absolute Gasteiger partial charge is 0.477 e. The summed E-state index contributed by atoms with van der Waals surface area (Å²) in [5.41, 5.74) is 1.30. The lowest BCUT2D eigenvalue weighted by Gasteiger charge is -2.06. The van der Waals surface area contributed by atoms with Gasteiger partial charge >= 0.3 is 5.97 Å². The van der Waals surface area contributed by atoms with Gasteiger partial charge in [0.15, 0.2) is 5.69 Å². The third kappa shape index (κ3) is 3.42. The van der Waals surface area contributed by atoms with Crippen molar-refractivity contribution < 1.29 is 14.7 Å². The number of rotatable bonds is 3. The number of nitrogens with zero attached hydrogens (tertiary/aromatic N) is 1. The van der Waals surface area contributed by atoms with E-state index in [1.807, 2.05) is 13.0 Å². The van der Waals surface area contributed by atoms with Gasteiger partial charge in [0.05, 0.1) is 0 Å².